The molecule has 0 saturated heterocycles. The van der Waals surface area contributed by atoms with Gasteiger partial charge in [0.15, 0.2) is 6.10 Å². The number of aliphatic carboxylic acids is 1. The minimum absolute atomic E-state index is 0.00678. The number of carbonyl (C=O) groups excluding carboxylic acids is 1. The molecule has 0 bridgehead atoms. The van der Waals surface area contributed by atoms with Crippen molar-refractivity contribution in [2.24, 2.45) is 0 Å². The molecule has 104 valence electrons. The molecular formula is C13H16ClNO4. The van der Waals surface area contributed by atoms with Crippen molar-refractivity contribution < 1.29 is 19.8 Å². The topological polar surface area (TPSA) is 86.6 Å². The van der Waals surface area contributed by atoms with Crippen LogP contribution in [0.25, 0.3) is 0 Å². The zero-order chi connectivity index (χ0) is 14.3. The number of rotatable bonds is 7. The lowest BCUT2D eigenvalue weighted by molar-refractivity contribution is -0.147. The zero-order valence-corrected chi connectivity index (χ0v) is 11.1. The van der Waals surface area contributed by atoms with E-state index in [0.29, 0.717) is 11.4 Å². The highest BCUT2D eigenvalue weighted by Gasteiger charge is 2.12. The highest BCUT2D eigenvalue weighted by Crippen LogP contribution is 2.16. The van der Waals surface area contributed by atoms with Crippen LogP contribution in [0.2, 0.25) is 5.02 Å². The maximum absolute atomic E-state index is 11.5. The number of aliphatic hydroxyl groups excluding tert-OH is 1. The summed E-state index contributed by atoms with van der Waals surface area (Å²) in [6, 6.07) is 7.28. The second-order valence-electron chi connectivity index (χ2n) is 4.08. The second-order valence-corrected chi connectivity index (χ2v) is 4.49. The molecule has 0 unspecified atom stereocenters. The largest absolute Gasteiger partial charge is 0.479 e. The van der Waals surface area contributed by atoms with Crippen LogP contribution in [-0.4, -0.2) is 34.7 Å². The maximum atomic E-state index is 11.5. The third-order valence-corrected chi connectivity index (χ3v) is 2.97. The summed E-state index contributed by atoms with van der Waals surface area (Å²) in [6.07, 6.45) is -0.656. The van der Waals surface area contributed by atoms with Gasteiger partial charge in [0.2, 0.25) is 5.91 Å². The van der Waals surface area contributed by atoms with Crippen molar-refractivity contribution in [2.75, 3.05) is 6.54 Å². The summed E-state index contributed by atoms with van der Waals surface area (Å²) >= 11 is 5.96. The molecule has 0 saturated carbocycles. The molecule has 0 aliphatic carbocycles. The molecule has 0 radical (unpaired) electrons. The van der Waals surface area contributed by atoms with Crippen LogP contribution in [0.1, 0.15) is 18.4 Å². The Balaban J connectivity index is 2.25. The van der Waals surface area contributed by atoms with E-state index in [4.69, 9.17) is 21.8 Å². The SMILES string of the molecule is O=C(CCc1ccccc1Cl)NCC[C@H](O)C(=O)O. The van der Waals surface area contributed by atoms with Gasteiger partial charge in [-0.05, 0) is 18.1 Å². The third kappa shape index (κ3) is 5.72. The molecule has 1 rings (SSSR count). The Labute approximate surface area is 116 Å². The first-order valence-electron chi connectivity index (χ1n) is 5.91. The Morgan fingerprint density at radius 3 is 2.63 bits per heavy atom. The van der Waals surface area contributed by atoms with Crippen LogP contribution in [0.5, 0.6) is 0 Å². The predicted molar refractivity (Wildman–Crippen MR) is 71.0 cm³/mol. The van der Waals surface area contributed by atoms with Crippen LogP contribution in [0, 0.1) is 0 Å². The molecule has 1 amide bonds. The van der Waals surface area contributed by atoms with Gasteiger partial charge in [0.1, 0.15) is 0 Å². The molecule has 1 aromatic rings. The van der Waals surface area contributed by atoms with Crippen molar-refractivity contribution in [1.82, 2.24) is 5.32 Å². The Kier molecular flexibility index (Phi) is 6.32. The number of aryl methyl sites for hydroxylation is 1. The lowest BCUT2D eigenvalue weighted by Gasteiger charge is -2.08. The van der Waals surface area contributed by atoms with E-state index in [1.165, 1.54) is 0 Å². The van der Waals surface area contributed by atoms with E-state index in [9.17, 15) is 9.59 Å². The summed E-state index contributed by atoms with van der Waals surface area (Å²) < 4.78 is 0. The smallest absolute Gasteiger partial charge is 0.332 e. The molecule has 1 aromatic carbocycles. The summed E-state index contributed by atoms with van der Waals surface area (Å²) in [7, 11) is 0. The predicted octanol–water partition coefficient (Wildman–Crippen LogP) is 1.22. The number of hydrogen-bond donors (Lipinski definition) is 3. The number of aliphatic hydroxyl groups is 1. The number of hydrogen-bond acceptors (Lipinski definition) is 3. The van der Waals surface area contributed by atoms with Gasteiger partial charge in [-0.1, -0.05) is 29.8 Å². The van der Waals surface area contributed by atoms with Gasteiger partial charge < -0.3 is 15.5 Å². The van der Waals surface area contributed by atoms with Gasteiger partial charge >= 0.3 is 5.97 Å². The van der Waals surface area contributed by atoms with Gasteiger partial charge in [0.05, 0.1) is 0 Å². The Hall–Kier alpha value is -1.59. The molecule has 19 heavy (non-hydrogen) atoms. The fourth-order valence-electron chi connectivity index (χ4n) is 1.51. The van der Waals surface area contributed by atoms with Crippen LogP contribution < -0.4 is 5.32 Å². The Morgan fingerprint density at radius 1 is 1.32 bits per heavy atom. The van der Waals surface area contributed by atoms with Crippen molar-refractivity contribution in [3.63, 3.8) is 0 Å². The quantitative estimate of drug-likeness (QED) is 0.703. The molecule has 0 aliphatic rings. The first-order chi connectivity index (χ1) is 9.00. The van der Waals surface area contributed by atoms with E-state index < -0.39 is 12.1 Å². The van der Waals surface area contributed by atoms with E-state index in [-0.39, 0.29) is 25.3 Å². The minimum atomic E-state index is -1.44. The lowest BCUT2D eigenvalue weighted by Crippen LogP contribution is -2.30. The first-order valence-corrected chi connectivity index (χ1v) is 6.29. The number of benzene rings is 1. The van der Waals surface area contributed by atoms with Crippen LogP contribution in [0.4, 0.5) is 0 Å². The van der Waals surface area contributed by atoms with Crippen LogP contribution in [0.3, 0.4) is 0 Å². The van der Waals surface area contributed by atoms with Gasteiger partial charge in [-0.15, -0.1) is 0 Å². The van der Waals surface area contributed by atoms with Gasteiger partial charge in [-0.3, -0.25) is 4.79 Å². The highest BCUT2D eigenvalue weighted by atomic mass is 35.5. The Morgan fingerprint density at radius 2 is 2.00 bits per heavy atom. The fraction of sp³-hybridized carbons (Fsp3) is 0.385. The number of carboxylic acids is 1. The molecule has 0 aromatic heterocycles. The molecule has 6 heteroatoms. The second kappa shape index (κ2) is 7.76. The van der Waals surface area contributed by atoms with Gasteiger partial charge in [-0.25, -0.2) is 4.79 Å². The summed E-state index contributed by atoms with van der Waals surface area (Å²) in [5.74, 6) is -1.48. The van der Waals surface area contributed by atoms with Crippen molar-refractivity contribution in [3.05, 3.63) is 34.9 Å². The number of carbonyl (C=O) groups is 2. The summed E-state index contributed by atoms with van der Waals surface area (Å²) in [5.41, 5.74) is 0.893. The molecule has 3 N–H and O–H groups in total. The van der Waals surface area contributed by atoms with Gasteiger partial charge in [0, 0.05) is 24.4 Å². The summed E-state index contributed by atoms with van der Waals surface area (Å²) in [5, 5.41) is 20.6. The number of carboxylic acid groups (broad SMARTS) is 1. The van der Waals surface area contributed by atoms with Crippen LogP contribution >= 0.6 is 11.6 Å². The molecule has 0 spiro atoms. The average Bonchev–Trinajstić information content (AvgIpc) is 2.37. The third-order valence-electron chi connectivity index (χ3n) is 2.60. The summed E-state index contributed by atoms with van der Waals surface area (Å²) in [4.78, 5) is 21.8. The van der Waals surface area contributed by atoms with Crippen molar-refractivity contribution in [1.29, 1.82) is 0 Å². The van der Waals surface area contributed by atoms with E-state index in [0.717, 1.165) is 5.56 Å². The summed E-state index contributed by atoms with van der Waals surface area (Å²) in [6.45, 7) is 0.134. The average molecular weight is 286 g/mol. The number of nitrogens with one attached hydrogen (secondary N) is 1. The molecule has 0 heterocycles. The number of halogens is 1. The van der Waals surface area contributed by atoms with Crippen molar-refractivity contribution >= 4 is 23.5 Å². The fourth-order valence-corrected chi connectivity index (χ4v) is 1.74. The minimum Gasteiger partial charge on any atom is -0.479 e. The standard InChI is InChI=1S/C13H16ClNO4/c14-10-4-2-1-3-9(10)5-6-12(17)15-8-7-11(16)13(18)19/h1-4,11,16H,5-8H2,(H,15,17)(H,18,19)/t11-/m0/s1. The van der Waals surface area contributed by atoms with Gasteiger partial charge in [0.25, 0.3) is 0 Å². The first kappa shape index (κ1) is 15.5. The van der Waals surface area contributed by atoms with Gasteiger partial charge in [-0.2, -0.15) is 0 Å². The number of amides is 1. The normalized spacial score (nSPS) is 11.9. The van der Waals surface area contributed by atoms with E-state index in [1.807, 2.05) is 18.2 Å². The van der Waals surface area contributed by atoms with Crippen molar-refractivity contribution in [2.45, 2.75) is 25.4 Å². The van der Waals surface area contributed by atoms with E-state index in [2.05, 4.69) is 5.32 Å². The molecule has 0 fully saturated rings. The van der Waals surface area contributed by atoms with E-state index in [1.54, 1.807) is 6.07 Å². The molecule has 1 atom stereocenters. The highest BCUT2D eigenvalue weighted by molar-refractivity contribution is 6.31. The van der Waals surface area contributed by atoms with Crippen LogP contribution in [-0.2, 0) is 16.0 Å². The molecule has 0 aliphatic heterocycles. The zero-order valence-electron chi connectivity index (χ0n) is 10.3. The molecular weight excluding hydrogens is 270 g/mol. The van der Waals surface area contributed by atoms with Crippen LogP contribution in [0.15, 0.2) is 24.3 Å². The lowest BCUT2D eigenvalue weighted by atomic mass is 10.1. The Bertz CT molecular complexity index is 450. The van der Waals surface area contributed by atoms with E-state index >= 15 is 0 Å². The molecule has 5 nitrogen and oxygen atoms in total. The maximum Gasteiger partial charge on any atom is 0.332 e. The monoisotopic (exact) mass is 285 g/mol. The van der Waals surface area contributed by atoms with Crippen molar-refractivity contribution in [3.8, 4) is 0 Å².